The van der Waals surface area contributed by atoms with Gasteiger partial charge in [-0.2, -0.15) is 13.2 Å². The van der Waals surface area contributed by atoms with Gasteiger partial charge in [0.15, 0.2) is 10.2 Å². The third kappa shape index (κ3) is 2.68. The molecule has 1 unspecified atom stereocenters. The highest BCUT2D eigenvalue weighted by molar-refractivity contribution is 7.11. The van der Waals surface area contributed by atoms with Gasteiger partial charge in [0.2, 0.25) is 0 Å². The minimum Gasteiger partial charge on any atom is -0.448 e. The molecule has 0 aliphatic heterocycles. The summed E-state index contributed by atoms with van der Waals surface area (Å²) in [7, 11) is 1.62. The van der Waals surface area contributed by atoms with Crippen LogP contribution < -0.4 is 5.32 Å². The first-order valence-electron chi connectivity index (χ1n) is 4.87. The van der Waals surface area contributed by atoms with E-state index in [9.17, 15) is 13.2 Å². The second-order valence-corrected chi connectivity index (χ2v) is 4.86. The summed E-state index contributed by atoms with van der Waals surface area (Å²) in [6.45, 7) is 0. The number of rotatable bonds is 3. The molecule has 3 nitrogen and oxygen atoms in total. The molecule has 8 heteroatoms. The van der Waals surface area contributed by atoms with Crippen LogP contribution in [0.5, 0.6) is 0 Å². The van der Waals surface area contributed by atoms with Crippen molar-refractivity contribution in [2.24, 2.45) is 0 Å². The molecule has 2 heterocycles. The van der Waals surface area contributed by atoms with Gasteiger partial charge in [-0.05, 0) is 30.8 Å². The molecule has 2 aromatic heterocycles. The number of hydrogen-bond acceptors (Lipinski definition) is 4. The van der Waals surface area contributed by atoms with E-state index in [-0.39, 0.29) is 5.22 Å². The summed E-state index contributed by atoms with van der Waals surface area (Å²) in [5.74, 6) is 0.444. The third-order valence-electron chi connectivity index (χ3n) is 2.22. The molecule has 0 bridgehead atoms. The molecule has 0 saturated heterocycles. The van der Waals surface area contributed by atoms with E-state index in [1.165, 1.54) is 12.3 Å². The number of aromatic nitrogens is 1. The number of nitrogens with one attached hydrogen (secondary N) is 1. The molecule has 18 heavy (non-hydrogen) atoms. The summed E-state index contributed by atoms with van der Waals surface area (Å²) in [6.07, 6.45) is -3.24. The van der Waals surface area contributed by atoms with Crippen LogP contribution in [0.15, 0.2) is 22.7 Å². The summed E-state index contributed by atoms with van der Waals surface area (Å²) in [6, 6.07) is 2.65. The lowest BCUT2D eigenvalue weighted by molar-refractivity contribution is -0.137. The molecule has 2 aromatic rings. The Labute approximate surface area is 110 Å². The number of halogens is 4. The van der Waals surface area contributed by atoms with Crippen LogP contribution in [0.4, 0.5) is 13.2 Å². The second kappa shape index (κ2) is 4.91. The van der Waals surface area contributed by atoms with Crippen molar-refractivity contribution in [1.29, 1.82) is 0 Å². The molecular weight excluding hydrogens is 289 g/mol. The van der Waals surface area contributed by atoms with Crippen molar-refractivity contribution >= 4 is 22.9 Å². The zero-order chi connectivity index (χ0) is 13.3. The molecule has 0 aromatic carbocycles. The highest BCUT2D eigenvalue weighted by Gasteiger charge is 2.35. The van der Waals surface area contributed by atoms with Gasteiger partial charge < -0.3 is 9.73 Å². The summed E-state index contributed by atoms with van der Waals surface area (Å²) >= 11 is 6.21. The van der Waals surface area contributed by atoms with Gasteiger partial charge in [0.25, 0.3) is 0 Å². The molecule has 0 aliphatic carbocycles. The van der Waals surface area contributed by atoms with Gasteiger partial charge >= 0.3 is 6.18 Å². The molecule has 0 spiro atoms. The van der Waals surface area contributed by atoms with Gasteiger partial charge in [-0.25, -0.2) is 4.98 Å². The van der Waals surface area contributed by atoms with E-state index in [0.29, 0.717) is 22.0 Å². The van der Waals surface area contributed by atoms with E-state index in [1.807, 2.05) is 0 Å². The van der Waals surface area contributed by atoms with Crippen LogP contribution in [0, 0.1) is 0 Å². The Morgan fingerprint density at radius 2 is 2.17 bits per heavy atom. The predicted molar refractivity (Wildman–Crippen MR) is 61.7 cm³/mol. The molecule has 1 atom stereocenters. The Hall–Kier alpha value is -1.05. The van der Waals surface area contributed by atoms with E-state index in [1.54, 1.807) is 13.1 Å². The Bertz CT molecular complexity index is 537. The van der Waals surface area contributed by atoms with Crippen molar-refractivity contribution in [3.8, 4) is 0 Å². The van der Waals surface area contributed by atoms with Crippen LogP contribution in [0.3, 0.4) is 0 Å². The predicted octanol–water partition coefficient (Wildman–Crippen LogP) is 3.72. The lowest BCUT2D eigenvalue weighted by Gasteiger charge is -2.10. The number of hydrogen-bond donors (Lipinski definition) is 1. The third-order valence-corrected chi connectivity index (χ3v) is 3.53. The van der Waals surface area contributed by atoms with Gasteiger partial charge in [0.05, 0.1) is 0 Å². The van der Waals surface area contributed by atoms with Gasteiger partial charge in [-0.3, -0.25) is 0 Å². The van der Waals surface area contributed by atoms with Crippen molar-refractivity contribution in [3.05, 3.63) is 39.2 Å². The molecular formula is C10H8ClF3N2OS. The molecule has 1 N–H and O–H groups in total. The topological polar surface area (TPSA) is 38.1 Å². The van der Waals surface area contributed by atoms with E-state index in [2.05, 4.69) is 10.3 Å². The van der Waals surface area contributed by atoms with Gasteiger partial charge in [0.1, 0.15) is 11.8 Å². The number of alkyl halides is 3. The summed E-state index contributed by atoms with van der Waals surface area (Å²) < 4.78 is 42.6. The summed E-state index contributed by atoms with van der Waals surface area (Å²) in [4.78, 5) is 3.78. The smallest absolute Gasteiger partial charge is 0.443 e. The quantitative estimate of drug-likeness (QED) is 0.938. The Morgan fingerprint density at radius 3 is 2.61 bits per heavy atom. The maximum atomic E-state index is 12.5. The van der Waals surface area contributed by atoms with Crippen molar-refractivity contribution < 1.29 is 17.6 Å². The Balaban J connectivity index is 2.31. The first-order valence-corrected chi connectivity index (χ1v) is 6.06. The van der Waals surface area contributed by atoms with Crippen LogP contribution in [-0.2, 0) is 6.18 Å². The van der Waals surface area contributed by atoms with E-state index in [4.69, 9.17) is 16.0 Å². The molecule has 0 aliphatic rings. The molecule has 0 amide bonds. The first-order chi connectivity index (χ1) is 8.41. The molecule has 98 valence electrons. The fourth-order valence-corrected chi connectivity index (χ4v) is 2.51. The fourth-order valence-electron chi connectivity index (χ4n) is 1.46. The van der Waals surface area contributed by atoms with Crippen LogP contribution in [0.2, 0.25) is 5.22 Å². The monoisotopic (exact) mass is 296 g/mol. The van der Waals surface area contributed by atoms with Crippen molar-refractivity contribution in [3.63, 3.8) is 0 Å². The van der Waals surface area contributed by atoms with Crippen molar-refractivity contribution in [2.45, 2.75) is 12.2 Å². The second-order valence-electron chi connectivity index (χ2n) is 3.43. The zero-order valence-electron chi connectivity index (χ0n) is 9.08. The average Bonchev–Trinajstić information content (AvgIpc) is 2.88. The fraction of sp³-hybridized carbons (Fsp3) is 0.300. The van der Waals surface area contributed by atoms with Gasteiger partial charge in [-0.15, -0.1) is 11.3 Å². The molecule has 2 rings (SSSR count). The first kappa shape index (κ1) is 13.4. The molecule has 0 fully saturated rings. The van der Waals surface area contributed by atoms with E-state index < -0.39 is 17.2 Å². The largest absolute Gasteiger partial charge is 0.448 e. The minimum atomic E-state index is -4.43. The molecule has 0 radical (unpaired) electrons. The van der Waals surface area contributed by atoms with Crippen LogP contribution in [0.25, 0.3) is 0 Å². The Morgan fingerprint density at radius 1 is 1.44 bits per heavy atom. The molecule has 0 saturated carbocycles. The minimum absolute atomic E-state index is 0.186. The van der Waals surface area contributed by atoms with Crippen molar-refractivity contribution in [2.75, 3.05) is 7.05 Å². The van der Waals surface area contributed by atoms with Crippen LogP contribution >= 0.6 is 22.9 Å². The summed E-state index contributed by atoms with van der Waals surface area (Å²) in [5.41, 5.74) is 0. The standard InChI is InChI=1S/C10H8ClF3N2OS/c1-15-8(5-2-3-7(11)17-5)6-4-16-9(18-6)10(12,13)14/h2-4,8,15H,1H3. The van der Waals surface area contributed by atoms with Gasteiger partial charge in [0, 0.05) is 11.1 Å². The van der Waals surface area contributed by atoms with E-state index >= 15 is 0 Å². The maximum absolute atomic E-state index is 12.5. The lowest BCUT2D eigenvalue weighted by Crippen LogP contribution is -2.15. The summed E-state index contributed by atoms with van der Waals surface area (Å²) in [5, 5.41) is 2.17. The van der Waals surface area contributed by atoms with E-state index in [0.717, 1.165) is 0 Å². The van der Waals surface area contributed by atoms with Crippen LogP contribution in [-0.4, -0.2) is 12.0 Å². The van der Waals surface area contributed by atoms with Crippen LogP contribution in [0.1, 0.15) is 21.7 Å². The highest BCUT2D eigenvalue weighted by Crippen LogP contribution is 2.36. The number of nitrogens with zero attached hydrogens (tertiary/aromatic N) is 1. The number of thiazole rings is 1. The van der Waals surface area contributed by atoms with Crippen molar-refractivity contribution in [1.82, 2.24) is 10.3 Å². The average molecular weight is 297 g/mol. The number of furan rings is 1. The SMILES string of the molecule is CNC(c1ccc(Cl)o1)c1cnc(C(F)(F)F)s1. The zero-order valence-corrected chi connectivity index (χ0v) is 10.7. The Kier molecular flexibility index (Phi) is 3.65. The maximum Gasteiger partial charge on any atom is 0.443 e. The normalized spacial score (nSPS) is 13.8. The highest BCUT2D eigenvalue weighted by atomic mass is 35.5. The van der Waals surface area contributed by atoms with Gasteiger partial charge in [-0.1, -0.05) is 0 Å². The lowest BCUT2D eigenvalue weighted by atomic mass is 10.2.